The topological polar surface area (TPSA) is 49.8 Å². The van der Waals surface area contributed by atoms with Crippen LogP contribution in [-0.2, 0) is 9.53 Å². The van der Waals surface area contributed by atoms with Crippen molar-refractivity contribution >= 4 is 5.78 Å². The van der Waals surface area contributed by atoms with Gasteiger partial charge in [-0.05, 0) is 12.8 Å². The van der Waals surface area contributed by atoms with E-state index in [4.69, 9.17) is 9.84 Å². The average molecular weight is 267 g/mol. The molecule has 1 aliphatic rings. The Kier molecular flexibility index (Phi) is 5.61. The van der Waals surface area contributed by atoms with E-state index in [0.29, 0.717) is 26.3 Å². The first kappa shape index (κ1) is 15.0. The largest absolute Gasteiger partial charge is 0.454 e. The van der Waals surface area contributed by atoms with E-state index in [1.54, 1.807) is 4.90 Å². The summed E-state index contributed by atoms with van der Waals surface area (Å²) in [6.07, 6.45) is -3.56. The third kappa shape index (κ3) is 4.66. The monoisotopic (exact) mass is 267 g/mol. The zero-order valence-corrected chi connectivity index (χ0v) is 9.87. The quantitative estimate of drug-likeness (QED) is 0.758. The second-order valence-electron chi connectivity index (χ2n) is 3.96. The fourth-order valence-electron chi connectivity index (χ4n) is 1.62. The van der Waals surface area contributed by atoms with Gasteiger partial charge in [-0.1, -0.05) is 0 Å². The highest BCUT2D eigenvalue weighted by Gasteiger charge is 2.40. The second-order valence-corrected chi connectivity index (χ2v) is 3.96. The maximum Gasteiger partial charge on any atom is 0.454 e. The second kappa shape index (κ2) is 6.75. The molecule has 0 aromatic carbocycles. The maximum atomic E-state index is 12.4. The van der Waals surface area contributed by atoms with Crippen molar-refractivity contribution in [1.29, 1.82) is 0 Å². The van der Waals surface area contributed by atoms with E-state index in [2.05, 4.69) is 0 Å². The molecule has 0 atom stereocenters. The predicted molar refractivity (Wildman–Crippen MR) is 57.9 cm³/mol. The van der Waals surface area contributed by atoms with Gasteiger partial charge in [0, 0.05) is 31.5 Å². The summed E-state index contributed by atoms with van der Waals surface area (Å²) in [7, 11) is 0. The molecule has 1 fully saturated rings. The van der Waals surface area contributed by atoms with E-state index in [9.17, 15) is 18.0 Å². The van der Waals surface area contributed by atoms with E-state index in [-0.39, 0.29) is 25.0 Å². The van der Waals surface area contributed by atoms with Crippen LogP contribution in [0.15, 0.2) is 11.8 Å². The minimum atomic E-state index is -4.87. The molecule has 104 valence electrons. The standard InChI is InChI=1S/C11H16F3NO3/c12-11(13,14)10(17)9(2-1-5-16)8-15-3-6-18-7-4-15/h8,16H,1-7H2. The molecule has 1 heterocycles. The Morgan fingerprint density at radius 1 is 1.33 bits per heavy atom. The molecule has 1 saturated heterocycles. The summed E-state index contributed by atoms with van der Waals surface area (Å²) in [5, 5.41) is 8.65. The minimum absolute atomic E-state index is 0.0772. The van der Waals surface area contributed by atoms with Crippen LogP contribution < -0.4 is 0 Å². The van der Waals surface area contributed by atoms with Crippen molar-refractivity contribution in [3.63, 3.8) is 0 Å². The fourth-order valence-corrected chi connectivity index (χ4v) is 1.62. The average Bonchev–Trinajstić information content (AvgIpc) is 2.33. The molecule has 0 unspecified atom stereocenters. The van der Waals surface area contributed by atoms with Crippen molar-refractivity contribution < 1.29 is 27.8 Å². The molecule has 18 heavy (non-hydrogen) atoms. The molecule has 7 heteroatoms. The van der Waals surface area contributed by atoms with Gasteiger partial charge in [0.25, 0.3) is 5.78 Å². The Morgan fingerprint density at radius 3 is 2.44 bits per heavy atom. The van der Waals surface area contributed by atoms with Crippen LogP contribution in [0.5, 0.6) is 0 Å². The van der Waals surface area contributed by atoms with Crippen LogP contribution in [0, 0.1) is 0 Å². The normalized spacial score (nSPS) is 18.0. The summed E-state index contributed by atoms with van der Waals surface area (Å²) in [6.45, 7) is 1.56. The Hall–Kier alpha value is -1.08. The summed E-state index contributed by atoms with van der Waals surface area (Å²) in [6, 6.07) is 0. The summed E-state index contributed by atoms with van der Waals surface area (Å²) in [5.74, 6) is -1.83. The molecule has 1 N–H and O–H groups in total. The van der Waals surface area contributed by atoms with E-state index < -0.39 is 12.0 Å². The first-order valence-corrected chi connectivity index (χ1v) is 5.70. The lowest BCUT2D eigenvalue weighted by Crippen LogP contribution is -2.34. The SMILES string of the molecule is O=C(C(=CN1CCOCC1)CCCO)C(F)(F)F. The number of ketones is 1. The number of ether oxygens (including phenoxy) is 1. The zero-order valence-electron chi connectivity index (χ0n) is 9.87. The van der Waals surface area contributed by atoms with E-state index in [1.165, 1.54) is 6.20 Å². The number of carbonyl (C=O) groups is 1. The lowest BCUT2D eigenvalue weighted by molar-refractivity contribution is -0.166. The lowest BCUT2D eigenvalue weighted by Gasteiger charge is -2.26. The number of aliphatic hydroxyl groups is 1. The Morgan fingerprint density at radius 2 is 1.94 bits per heavy atom. The lowest BCUT2D eigenvalue weighted by atomic mass is 10.1. The van der Waals surface area contributed by atoms with Crippen LogP contribution in [0.4, 0.5) is 13.2 Å². The van der Waals surface area contributed by atoms with Crippen LogP contribution in [0.3, 0.4) is 0 Å². The van der Waals surface area contributed by atoms with Crippen molar-refractivity contribution in [2.75, 3.05) is 32.9 Å². The Balaban J connectivity index is 2.75. The van der Waals surface area contributed by atoms with E-state index >= 15 is 0 Å². The highest BCUT2D eigenvalue weighted by molar-refractivity contribution is 5.99. The summed E-state index contributed by atoms with van der Waals surface area (Å²) in [4.78, 5) is 12.9. The molecule has 1 rings (SSSR count). The van der Waals surface area contributed by atoms with Gasteiger partial charge < -0.3 is 14.7 Å². The molecule has 0 amide bonds. The molecular formula is C11H16F3NO3. The number of nitrogens with zero attached hydrogens (tertiary/aromatic N) is 1. The van der Waals surface area contributed by atoms with Crippen LogP contribution in [0.2, 0.25) is 0 Å². The fraction of sp³-hybridized carbons (Fsp3) is 0.727. The number of alkyl halides is 3. The van der Waals surface area contributed by atoms with Crippen molar-refractivity contribution in [3.05, 3.63) is 11.8 Å². The number of rotatable bonds is 5. The zero-order chi connectivity index (χ0) is 13.6. The van der Waals surface area contributed by atoms with Gasteiger partial charge in [0.05, 0.1) is 13.2 Å². The van der Waals surface area contributed by atoms with E-state index in [1.807, 2.05) is 0 Å². The van der Waals surface area contributed by atoms with E-state index in [0.717, 1.165) is 0 Å². The third-order valence-corrected chi connectivity index (χ3v) is 2.54. The number of hydrogen-bond acceptors (Lipinski definition) is 4. The molecule has 0 saturated carbocycles. The van der Waals surface area contributed by atoms with Gasteiger partial charge in [-0.2, -0.15) is 13.2 Å². The van der Waals surface area contributed by atoms with Gasteiger partial charge in [-0.25, -0.2) is 0 Å². The van der Waals surface area contributed by atoms with Crippen LogP contribution in [0.25, 0.3) is 0 Å². The van der Waals surface area contributed by atoms with Gasteiger partial charge in [0.15, 0.2) is 0 Å². The van der Waals surface area contributed by atoms with Gasteiger partial charge in [-0.15, -0.1) is 0 Å². The molecule has 0 spiro atoms. The first-order chi connectivity index (χ1) is 8.45. The summed E-state index contributed by atoms with van der Waals surface area (Å²) >= 11 is 0. The van der Waals surface area contributed by atoms with Crippen molar-refractivity contribution in [1.82, 2.24) is 4.90 Å². The number of Topliss-reactive ketones (excluding diaryl/α,β-unsaturated/α-hetero) is 1. The molecule has 4 nitrogen and oxygen atoms in total. The minimum Gasteiger partial charge on any atom is -0.396 e. The number of halogens is 3. The maximum absolute atomic E-state index is 12.4. The number of hydrogen-bond donors (Lipinski definition) is 1. The number of carbonyl (C=O) groups excluding carboxylic acids is 1. The highest BCUT2D eigenvalue weighted by Crippen LogP contribution is 2.23. The smallest absolute Gasteiger partial charge is 0.396 e. The Labute approximate surface area is 103 Å². The highest BCUT2D eigenvalue weighted by atomic mass is 19.4. The van der Waals surface area contributed by atoms with Gasteiger partial charge in [-0.3, -0.25) is 4.79 Å². The predicted octanol–water partition coefficient (Wildman–Crippen LogP) is 1.11. The molecule has 0 aliphatic carbocycles. The molecule has 0 aromatic rings. The summed E-state index contributed by atoms with van der Waals surface area (Å²) < 4.78 is 42.2. The molecular weight excluding hydrogens is 251 g/mol. The van der Waals surface area contributed by atoms with Crippen LogP contribution >= 0.6 is 0 Å². The van der Waals surface area contributed by atoms with Crippen molar-refractivity contribution in [3.8, 4) is 0 Å². The third-order valence-electron chi connectivity index (χ3n) is 2.54. The first-order valence-electron chi connectivity index (χ1n) is 5.70. The summed E-state index contributed by atoms with van der Waals surface area (Å²) in [5.41, 5.74) is -0.307. The van der Waals surface area contributed by atoms with Crippen LogP contribution in [-0.4, -0.2) is 54.9 Å². The Bertz CT molecular complexity index is 309. The molecule has 0 bridgehead atoms. The van der Waals surface area contributed by atoms with Gasteiger partial charge >= 0.3 is 6.18 Å². The van der Waals surface area contributed by atoms with Crippen LogP contribution in [0.1, 0.15) is 12.8 Å². The van der Waals surface area contributed by atoms with Gasteiger partial charge in [0.2, 0.25) is 0 Å². The molecule has 0 aromatic heterocycles. The van der Waals surface area contributed by atoms with Gasteiger partial charge in [0.1, 0.15) is 0 Å². The molecule has 0 radical (unpaired) electrons. The molecule has 1 aliphatic heterocycles. The number of morpholine rings is 1. The van der Waals surface area contributed by atoms with Crippen molar-refractivity contribution in [2.24, 2.45) is 0 Å². The number of allylic oxidation sites excluding steroid dienone is 1. The van der Waals surface area contributed by atoms with Crippen molar-refractivity contribution in [2.45, 2.75) is 19.0 Å². The number of aliphatic hydroxyl groups excluding tert-OH is 1.